The third-order valence-electron chi connectivity index (χ3n) is 2.24. The van der Waals surface area contributed by atoms with E-state index in [4.69, 9.17) is 11.6 Å². The molecule has 0 unspecified atom stereocenters. The molecule has 0 amide bonds. The Balaban J connectivity index is 2.20. The van der Waals surface area contributed by atoms with Gasteiger partial charge in [0.1, 0.15) is 11.5 Å². The van der Waals surface area contributed by atoms with Crippen LogP contribution in [-0.4, -0.2) is 21.4 Å². The quantitative estimate of drug-likeness (QED) is 0.663. The molecule has 8 heteroatoms. The Morgan fingerprint density at radius 2 is 2.32 bits per heavy atom. The molecule has 0 aliphatic heterocycles. The van der Waals surface area contributed by atoms with Crippen molar-refractivity contribution in [1.29, 1.82) is 0 Å². The predicted molar refractivity (Wildman–Crippen MR) is 70.0 cm³/mol. The molecule has 1 aromatic heterocycles. The Bertz CT molecular complexity index is 665. The molecular weight excluding hydrogens is 273 g/mol. The molecule has 0 radical (unpaired) electrons. The van der Waals surface area contributed by atoms with Gasteiger partial charge in [0.05, 0.1) is 11.2 Å². The summed E-state index contributed by atoms with van der Waals surface area (Å²) in [5.74, 6) is -0.306. The van der Waals surface area contributed by atoms with Crippen LogP contribution in [0.5, 0.6) is 0 Å². The molecule has 0 saturated carbocycles. The van der Waals surface area contributed by atoms with Crippen molar-refractivity contribution in [3.63, 3.8) is 0 Å². The van der Waals surface area contributed by atoms with E-state index >= 15 is 0 Å². The van der Waals surface area contributed by atoms with Crippen molar-refractivity contribution in [2.24, 2.45) is 5.10 Å². The molecule has 98 valence electrons. The number of halogens is 2. The largest absolute Gasteiger partial charge is 0.363 e. The normalized spacial score (nSPS) is 10.9. The Hall–Kier alpha value is -2.28. The molecule has 0 spiro atoms. The molecule has 0 saturated heterocycles. The van der Waals surface area contributed by atoms with Crippen LogP contribution in [0, 0.1) is 12.7 Å². The number of aromatic nitrogens is 3. The van der Waals surface area contributed by atoms with Crippen molar-refractivity contribution in [3.8, 4) is 0 Å². The second-order valence-electron chi connectivity index (χ2n) is 3.58. The van der Waals surface area contributed by atoms with Crippen LogP contribution in [-0.2, 0) is 0 Å². The van der Waals surface area contributed by atoms with Crippen molar-refractivity contribution >= 4 is 23.6 Å². The van der Waals surface area contributed by atoms with Gasteiger partial charge >= 0.3 is 5.69 Å². The van der Waals surface area contributed by atoms with Gasteiger partial charge in [-0.25, -0.2) is 14.3 Å². The number of hydrazone groups is 1. The number of aromatic amines is 1. The summed E-state index contributed by atoms with van der Waals surface area (Å²) in [5.41, 5.74) is 2.50. The fourth-order valence-corrected chi connectivity index (χ4v) is 1.50. The van der Waals surface area contributed by atoms with Gasteiger partial charge in [0.15, 0.2) is 5.82 Å². The van der Waals surface area contributed by atoms with Gasteiger partial charge < -0.3 is 0 Å². The highest BCUT2D eigenvalue weighted by Crippen LogP contribution is 2.16. The zero-order chi connectivity index (χ0) is 13.8. The minimum Gasteiger partial charge on any atom is -0.260 e. The molecule has 6 nitrogen and oxygen atoms in total. The lowest BCUT2D eigenvalue weighted by atomic mass is 10.2. The highest BCUT2D eigenvalue weighted by Gasteiger charge is 2.04. The van der Waals surface area contributed by atoms with Gasteiger partial charge in [0, 0.05) is 5.56 Å². The first kappa shape index (κ1) is 13.2. The van der Waals surface area contributed by atoms with Gasteiger partial charge in [0.25, 0.3) is 0 Å². The first-order valence-corrected chi connectivity index (χ1v) is 5.62. The Morgan fingerprint density at radius 1 is 1.53 bits per heavy atom. The lowest BCUT2D eigenvalue weighted by Crippen LogP contribution is -2.15. The molecule has 0 aliphatic carbocycles. The number of aryl methyl sites for hydroxylation is 1. The van der Waals surface area contributed by atoms with Crippen molar-refractivity contribution in [1.82, 2.24) is 15.2 Å². The molecular formula is C11H9ClFN5O. The van der Waals surface area contributed by atoms with Crippen LogP contribution < -0.4 is 11.1 Å². The molecule has 0 aliphatic rings. The number of hydrogen-bond acceptors (Lipinski definition) is 5. The van der Waals surface area contributed by atoms with Crippen LogP contribution in [0.15, 0.2) is 28.1 Å². The molecule has 2 N–H and O–H groups in total. The maximum Gasteiger partial charge on any atom is 0.363 e. The first-order chi connectivity index (χ1) is 9.08. The molecule has 19 heavy (non-hydrogen) atoms. The predicted octanol–water partition coefficient (Wildman–Crippen LogP) is 1.71. The third-order valence-corrected chi connectivity index (χ3v) is 2.57. The average molecular weight is 282 g/mol. The average Bonchev–Trinajstić information content (AvgIpc) is 2.37. The Kier molecular flexibility index (Phi) is 3.86. The van der Waals surface area contributed by atoms with E-state index in [1.165, 1.54) is 18.3 Å². The van der Waals surface area contributed by atoms with E-state index < -0.39 is 11.5 Å². The van der Waals surface area contributed by atoms with Crippen LogP contribution in [0.4, 0.5) is 10.2 Å². The molecule has 2 rings (SSSR count). The smallest absolute Gasteiger partial charge is 0.260 e. The van der Waals surface area contributed by atoms with E-state index in [2.05, 4.69) is 25.7 Å². The van der Waals surface area contributed by atoms with Crippen molar-refractivity contribution in [2.45, 2.75) is 6.92 Å². The molecule has 1 aromatic carbocycles. The zero-order valence-electron chi connectivity index (χ0n) is 9.82. The van der Waals surface area contributed by atoms with Gasteiger partial charge in [-0.1, -0.05) is 17.7 Å². The van der Waals surface area contributed by atoms with E-state index in [0.717, 1.165) is 0 Å². The topological polar surface area (TPSA) is 83.0 Å². The van der Waals surface area contributed by atoms with Crippen molar-refractivity contribution < 1.29 is 4.39 Å². The molecule has 0 atom stereocenters. The Labute approximate surface area is 112 Å². The standard InChI is InChI=1S/C11H9ClFN5O/c1-6-10(15-11(19)18-16-6)17-14-5-7-8(12)3-2-4-9(7)13/h2-5H,1H3,(H2,15,17,18,19). The van der Waals surface area contributed by atoms with Crippen LogP contribution >= 0.6 is 11.6 Å². The molecule has 1 heterocycles. The van der Waals surface area contributed by atoms with Crippen LogP contribution in [0.25, 0.3) is 0 Å². The summed E-state index contributed by atoms with van der Waals surface area (Å²) < 4.78 is 13.4. The second-order valence-corrected chi connectivity index (χ2v) is 3.99. The third kappa shape index (κ3) is 3.14. The van der Waals surface area contributed by atoms with E-state index in [1.54, 1.807) is 13.0 Å². The van der Waals surface area contributed by atoms with E-state index in [9.17, 15) is 9.18 Å². The Morgan fingerprint density at radius 3 is 3.05 bits per heavy atom. The number of hydrogen-bond donors (Lipinski definition) is 2. The van der Waals surface area contributed by atoms with Crippen LogP contribution in [0.2, 0.25) is 5.02 Å². The lowest BCUT2D eigenvalue weighted by molar-refractivity contribution is 0.626. The van der Waals surface area contributed by atoms with Gasteiger partial charge in [-0.15, -0.1) is 0 Å². The van der Waals surface area contributed by atoms with E-state index in [1.807, 2.05) is 0 Å². The fraction of sp³-hybridized carbons (Fsp3) is 0.0909. The number of rotatable bonds is 3. The molecule has 0 fully saturated rings. The van der Waals surface area contributed by atoms with E-state index in [0.29, 0.717) is 5.69 Å². The summed E-state index contributed by atoms with van der Waals surface area (Å²) in [5, 5.41) is 9.90. The van der Waals surface area contributed by atoms with Crippen LogP contribution in [0.3, 0.4) is 0 Å². The first-order valence-electron chi connectivity index (χ1n) is 5.24. The van der Waals surface area contributed by atoms with Crippen molar-refractivity contribution in [2.75, 3.05) is 5.43 Å². The van der Waals surface area contributed by atoms with Crippen molar-refractivity contribution in [3.05, 3.63) is 50.8 Å². The summed E-state index contributed by atoms with van der Waals surface area (Å²) in [6.07, 6.45) is 1.21. The van der Waals surface area contributed by atoms with E-state index in [-0.39, 0.29) is 16.4 Å². The maximum absolute atomic E-state index is 13.4. The minimum absolute atomic E-state index is 0.145. The van der Waals surface area contributed by atoms with Gasteiger partial charge in [-0.05, 0) is 19.1 Å². The SMILES string of the molecule is Cc1n[nH]c(=O)nc1NN=Cc1c(F)cccc1Cl. The minimum atomic E-state index is -0.604. The summed E-state index contributed by atoms with van der Waals surface area (Å²) in [6.45, 7) is 1.64. The van der Waals surface area contributed by atoms with Gasteiger partial charge in [-0.3, -0.25) is 5.43 Å². The zero-order valence-corrected chi connectivity index (χ0v) is 10.6. The highest BCUT2D eigenvalue weighted by atomic mass is 35.5. The summed E-state index contributed by atoms with van der Waals surface area (Å²) in [4.78, 5) is 14.6. The number of nitrogens with zero attached hydrogens (tertiary/aromatic N) is 3. The second kappa shape index (κ2) is 5.57. The summed E-state index contributed by atoms with van der Waals surface area (Å²) in [7, 11) is 0. The number of anilines is 1. The number of H-pyrrole nitrogens is 1. The molecule has 0 bridgehead atoms. The lowest BCUT2D eigenvalue weighted by Gasteiger charge is -2.02. The highest BCUT2D eigenvalue weighted by molar-refractivity contribution is 6.33. The van der Waals surface area contributed by atoms with Gasteiger partial charge in [0.2, 0.25) is 0 Å². The number of benzene rings is 1. The molecule has 2 aromatic rings. The summed E-state index contributed by atoms with van der Waals surface area (Å²) >= 11 is 5.83. The van der Waals surface area contributed by atoms with Crippen LogP contribution in [0.1, 0.15) is 11.3 Å². The van der Waals surface area contributed by atoms with Gasteiger partial charge in [-0.2, -0.15) is 15.2 Å². The number of nitrogens with one attached hydrogen (secondary N) is 2. The fourth-order valence-electron chi connectivity index (χ4n) is 1.29. The monoisotopic (exact) mass is 281 g/mol. The maximum atomic E-state index is 13.4. The summed E-state index contributed by atoms with van der Waals surface area (Å²) in [6, 6.07) is 4.31.